The van der Waals surface area contributed by atoms with Gasteiger partial charge in [0.15, 0.2) is 0 Å². The molecule has 0 aliphatic rings. The highest BCUT2D eigenvalue weighted by Crippen LogP contribution is 2.06. The van der Waals surface area contributed by atoms with Gasteiger partial charge in [0.2, 0.25) is 6.33 Å². The third-order valence-electron chi connectivity index (χ3n) is 1.88. The van der Waals surface area contributed by atoms with Gasteiger partial charge in [-0.25, -0.2) is 9.13 Å². The van der Waals surface area contributed by atoms with E-state index in [-0.39, 0.29) is 0 Å². The molecule has 94 valence electrons. The van der Waals surface area contributed by atoms with Gasteiger partial charge in [-0.15, -0.1) is 0 Å². The van der Waals surface area contributed by atoms with Gasteiger partial charge in [-0.1, -0.05) is 13.3 Å². The summed E-state index contributed by atoms with van der Waals surface area (Å²) in [6, 6.07) is 0. The molecule has 7 heteroatoms. The van der Waals surface area contributed by atoms with Crippen molar-refractivity contribution in [3.05, 3.63) is 18.7 Å². The van der Waals surface area contributed by atoms with Crippen LogP contribution in [0.2, 0.25) is 0 Å². The molecule has 0 unspecified atom stereocenters. The van der Waals surface area contributed by atoms with Gasteiger partial charge < -0.3 is 17.3 Å². The Labute approximate surface area is 93.0 Å². The van der Waals surface area contributed by atoms with Gasteiger partial charge in [-0.2, -0.15) is 0 Å². The van der Waals surface area contributed by atoms with E-state index in [1.54, 1.807) is 0 Å². The Morgan fingerprint density at radius 2 is 1.75 bits per heavy atom. The summed E-state index contributed by atoms with van der Waals surface area (Å²) in [5, 5.41) is 0. The molecule has 1 rings (SSSR count). The molecule has 1 aromatic heterocycles. The van der Waals surface area contributed by atoms with Crippen LogP contribution in [0.25, 0.3) is 0 Å². The highest BCUT2D eigenvalue weighted by molar-refractivity contribution is 6.50. The lowest BCUT2D eigenvalue weighted by Crippen LogP contribution is -2.30. The molecule has 0 aromatic carbocycles. The van der Waals surface area contributed by atoms with E-state index < -0.39 is 7.25 Å². The van der Waals surface area contributed by atoms with E-state index in [9.17, 15) is 17.3 Å². The minimum absolute atomic E-state index is 1.07. The lowest BCUT2D eigenvalue weighted by molar-refractivity contribution is -0.696. The van der Waals surface area contributed by atoms with Crippen LogP contribution in [0.5, 0.6) is 0 Å². The van der Waals surface area contributed by atoms with Crippen LogP contribution in [0.1, 0.15) is 26.7 Å². The molecule has 0 spiro atoms. The van der Waals surface area contributed by atoms with Gasteiger partial charge >= 0.3 is 7.25 Å². The number of imidazole rings is 1. The molecular formula is C9H17BF4N2. The van der Waals surface area contributed by atoms with E-state index in [1.807, 2.05) is 0 Å². The third kappa shape index (κ3) is 9.55. The number of nitrogens with zero attached hydrogens (tertiary/aromatic N) is 2. The molecule has 16 heavy (non-hydrogen) atoms. The smallest absolute Gasteiger partial charge is 0.418 e. The Hall–Kier alpha value is -1.01. The first kappa shape index (κ1) is 15.0. The van der Waals surface area contributed by atoms with E-state index in [0.29, 0.717) is 0 Å². The number of aryl methyl sites for hydroxylation is 2. The lowest BCUT2D eigenvalue weighted by Gasteiger charge is -1.94. The Balaban J connectivity index is 0.000000385. The first-order valence-corrected chi connectivity index (χ1v) is 5.29. The Bertz CT molecular complexity index is 279. The fourth-order valence-electron chi connectivity index (χ4n) is 1.10. The Morgan fingerprint density at radius 1 is 1.19 bits per heavy atom. The number of unbranched alkanes of at least 4 members (excludes halogenated alkanes) is 1. The van der Waals surface area contributed by atoms with E-state index >= 15 is 0 Å². The minimum Gasteiger partial charge on any atom is -0.418 e. The fraction of sp³-hybridized carbons (Fsp3) is 0.667. The molecule has 0 aliphatic heterocycles. The summed E-state index contributed by atoms with van der Waals surface area (Å²) in [7, 11) is -6.00. The average molecular weight is 240 g/mol. The first-order valence-electron chi connectivity index (χ1n) is 5.29. The summed E-state index contributed by atoms with van der Waals surface area (Å²) in [5.74, 6) is 0. The molecular weight excluding hydrogens is 223 g/mol. The highest BCUT2D eigenvalue weighted by Gasteiger charge is 2.20. The summed E-state index contributed by atoms with van der Waals surface area (Å²) >= 11 is 0. The maximum Gasteiger partial charge on any atom is 0.673 e. The lowest BCUT2D eigenvalue weighted by atomic mass is 10.3. The fourth-order valence-corrected chi connectivity index (χ4v) is 1.10. The van der Waals surface area contributed by atoms with E-state index in [1.165, 1.54) is 12.8 Å². The number of hydrogen-bond acceptors (Lipinski definition) is 0. The maximum atomic E-state index is 9.75. The largest absolute Gasteiger partial charge is 0.673 e. The van der Waals surface area contributed by atoms with E-state index in [4.69, 9.17) is 0 Å². The zero-order chi connectivity index (χ0) is 12.6. The summed E-state index contributed by atoms with van der Waals surface area (Å²) in [6.07, 6.45) is 8.97. The van der Waals surface area contributed by atoms with Gasteiger partial charge in [0.05, 0.1) is 13.1 Å². The zero-order valence-electron chi connectivity index (χ0n) is 9.54. The molecule has 0 radical (unpaired) electrons. The van der Waals surface area contributed by atoms with Crippen molar-refractivity contribution in [3.8, 4) is 0 Å². The number of aromatic nitrogens is 2. The van der Waals surface area contributed by atoms with Crippen molar-refractivity contribution in [3.63, 3.8) is 0 Å². The highest BCUT2D eigenvalue weighted by atomic mass is 19.5. The van der Waals surface area contributed by atoms with Crippen molar-refractivity contribution >= 4 is 7.25 Å². The summed E-state index contributed by atoms with van der Waals surface area (Å²) in [6.45, 7) is 6.60. The quantitative estimate of drug-likeness (QED) is 0.434. The van der Waals surface area contributed by atoms with Crippen molar-refractivity contribution in [2.24, 2.45) is 0 Å². The van der Waals surface area contributed by atoms with Crippen LogP contribution < -0.4 is 4.57 Å². The Morgan fingerprint density at radius 3 is 2.12 bits per heavy atom. The van der Waals surface area contributed by atoms with Crippen molar-refractivity contribution in [1.82, 2.24) is 4.57 Å². The average Bonchev–Trinajstić information content (AvgIpc) is 2.59. The van der Waals surface area contributed by atoms with Gasteiger partial charge in [-0.3, -0.25) is 0 Å². The van der Waals surface area contributed by atoms with Gasteiger partial charge in [-0.05, 0) is 13.3 Å². The number of halogens is 4. The second-order valence-corrected chi connectivity index (χ2v) is 3.33. The zero-order valence-corrected chi connectivity index (χ0v) is 9.54. The summed E-state index contributed by atoms with van der Waals surface area (Å²) < 4.78 is 43.4. The molecule has 0 amide bonds. The molecule has 1 heterocycles. The molecule has 0 saturated heterocycles. The van der Waals surface area contributed by atoms with Gasteiger partial charge in [0, 0.05) is 0 Å². The second-order valence-electron chi connectivity index (χ2n) is 3.33. The number of rotatable bonds is 4. The van der Waals surface area contributed by atoms with Crippen LogP contribution in [0, 0.1) is 0 Å². The second kappa shape index (κ2) is 7.30. The Kier molecular flexibility index (Phi) is 6.84. The SMILES string of the molecule is CCCC[n+]1ccn(CC)c1.F[B-](F)(F)F. The predicted octanol–water partition coefficient (Wildman–Crippen LogP) is 2.90. The van der Waals surface area contributed by atoms with Crippen LogP contribution >= 0.6 is 0 Å². The van der Waals surface area contributed by atoms with Gasteiger partial charge in [0.1, 0.15) is 12.4 Å². The molecule has 2 nitrogen and oxygen atoms in total. The van der Waals surface area contributed by atoms with Crippen LogP contribution in [-0.4, -0.2) is 11.8 Å². The topological polar surface area (TPSA) is 8.81 Å². The van der Waals surface area contributed by atoms with Crippen LogP contribution in [0.15, 0.2) is 18.7 Å². The van der Waals surface area contributed by atoms with Crippen molar-refractivity contribution in [2.75, 3.05) is 0 Å². The van der Waals surface area contributed by atoms with E-state index in [0.717, 1.165) is 13.1 Å². The maximum absolute atomic E-state index is 9.75. The molecule has 0 N–H and O–H groups in total. The molecule has 1 aromatic rings. The summed E-state index contributed by atoms with van der Waals surface area (Å²) in [4.78, 5) is 0. The normalized spacial score (nSPS) is 10.9. The van der Waals surface area contributed by atoms with Crippen LogP contribution in [0.3, 0.4) is 0 Å². The molecule has 0 atom stereocenters. The molecule has 0 bridgehead atoms. The van der Waals surface area contributed by atoms with Gasteiger partial charge in [0.25, 0.3) is 0 Å². The van der Waals surface area contributed by atoms with Crippen LogP contribution in [-0.2, 0) is 13.1 Å². The van der Waals surface area contributed by atoms with E-state index in [2.05, 4.69) is 41.7 Å². The van der Waals surface area contributed by atoms with Crippen molar-refractivity contribution in [1.29, 1.82) is 0 Å². The first-order chi connectivity index (χ1) is 7.36. The molecule has 0 aliphatic carbocycles. The van der Waals surface area contributed by atoms with Crippen molar-refractivity contribution < 1.29 is 21.8 Å². The van der Waals surface area contributed by atoms with Crippen LogP contribution in [0.4, 0.5) is 17.3 Å². The molecule has 0 saturated carbocycles. The minimum atomic E-state index is -6.00. The van der Waals surface area contributed by atoms with Crippen molar-refractivity contribution in [2.45, 2.75) is 39.8 Å². The number of hydrogen-bond donors (Lipinski definition) is 0. The predicted molar refractivity (Wildman–Crippen MR) is 55.4 cm³/mol. The third-order valence-corrected chi connectivity index (χ3v) is 1.88. The monoisotopic (exact) mass is 240 g/mol. The standard InChI is InChI=1S/C9H17N2.BF4/c1-3-5-6-11-8-7-10(4-2)9-11;2-1(3,4)5/h7-9H,3-6H2,1-2H3;/q+1;-1. The summed E-state index contributed by atoms with van der Waals surface area (Å²) in [5.41, 5.74) is 0. The molecule has 0 fully saturated rings.